The number of carbonyl (C=O) groups excluding carboxylic acids is 1. The molecule has 1 heterocycles. The molecule has 0 saturated heterocycles. The van der Waals surface area contributed by atoms with E-state index in [-0.39, 0.29) is 16.8 Å². The average molecular weight is 286 g/mol. The van der Waals surface area contributed by atoms with E-state index in [1.54, 1.807) is 13.8 Å². The summed E-state index contributed by atoms with van der Waals surface area (Å²) in [7, 11) is -3.92. The second kappa shape index (κ2) is 5.98. The van der Waals surface area contributed by atoms with Crippen molar-refractivity contribution < 1.29 is 13.2 Å². The molecule has 0 bridgehead atoms. The zero-order valence-corrected chi connectivity index (χ0v) is 11.9. The van der Waals surface area contributed by atoms with Crippen LogP contribution in [0.1, 0.15) is 20.8 Å². The lowest BCUT2D eigenvalue weighted by molar-refractivity contribution is -0.122. The summed E-state index contributed by atoms with van der Waals surface area (Å²) < 4.78 is 26.3. The van der Waals surface area contributed by atoms with E-state index >= 15 is 0 Å². The third-order valence-electron chi connectivity index (χ3n) is 2.21. The van der Waals surface area contributed by atoms with Crippen molar-refractivity contribution in [2.45, 2.75) is 37.9 Å². The fourth-order valence-corrected chi connectivity index (χ4v) is 2.64. The number of nitrogen functional groups attached to an aromatic ring is 1. The highest BCUT2D eigenvalue weighted by molar-refractivity contribution is 7.89. The maximum Gasteiger partial charge on any atom is 0.260 e. The van der Waals surface area contributed by atoms with Crippen molar-refractivity contribution in [1.29, 1.82) is 0 Å². The molecule has 4 N–H and O–H groups in total. The van der Waals surface area contributed by atoms with Gasteiger partial charge in [0.25, 0.3) is 10.0 Å². The van der Waals surface area contributed by atoms with Gasteiger partial charge in [-0.1, -0.05) is 0 Å². The standard InChI is InChI=1S/C11H18N4O3S/c1-7(2)14-10(16)8(3)15-19(17,18)11-9(12)5-4-6-13-11/h4-8,15H,12H2,1-3H3,(H,14,16). The van der Waals surface area contributed by atoms with Gasteiger partial charge < -0.3 is 11.1 Å². The van der Waals surface area contributed by atoms with Crippen LogP contribution in [0.3, 0.4) is 0 Å². The molecule has 19 heavy (non-hydrogen) atoms. The number of hydrogen-bond donors (Lipinski definition) is 3. The number of pyridine rings is 1. The summed E-state index contributed by atoms with van der Waals surface area (Å²) in [5.74, 6) is -0.409. The highest BCUT2D eigenvalue weighted by atomic mass is 32.2. The van der Waals surface area contributed by atoms with E-state index in [9.17, 15) is 13.2 Å². The van der Waals surface area contributed by atoms with Crippen LogP contribution >= 0.6 is 0 Å². The van der Waals surface area contributed by atoms with Crippen molar-refractivity contribution in [2.24, 2.45) is 0 Å². The third kappa shape index (κ3) is 4.18. The molecule has 0 fully saturated rings. The van der Waals surface area contributed by atoms with Gasteiger partial charge in [0.15, 0.2) is 5.03 Å². The average Bonchev–Trinajstić information content (AvgIpc) is 2.27. The summed E-state index contributed by atoms with van der Waals surface area (Å²) in [5, 5.41) is 2.34. The zero-order chi connectivity index (χ0) is 14.6. The maximum absolute atomic E-state index is 12.0. The molecule has 0 spiro atoms. The lowest BCUT2D eigenvalue weighted by atomic mass is 10.3. The van der Waals surface area contributed by atoms with E-state index in [2.05, 4.69) is 15.0 Å². The van der Waals surface area contributed by atoms with Gasteiger partial charge in [-0.15, -0.1) is 0 Å². The van der Waals surface area contributed by atoms with Gasteiger partial charge in [0.2, 0.25) is 5.91 Å². The minimum Gasteiger partial charge on any atom is -0.396 e. The molecule has 0 aliphatic rings. The minimum atomic E-state index is -3.92. The Morgan fingerprint density at radius 2 is 2.00 bits per heavy atom. The van der Waals surface area contributed by atoms with Crippen molar-refractivity contribution in [2.75, 3.05) is 5.73 Å². The Morgan fingerprint density at radius 1 is 1.37 bits per heavy atom. The van der Waals surface area contributed by atoms with Gasteiger partial charge in [-0.05, 0) is 32.9 Å². The first-order chi connectivity index (χ1) is 8.74. The minimum absolute atomic E-state index is 0.0338. The van der Waals surface area contributed by atoms with E-state index in [0.29, 0.717) is 0 Å². The number of sulfonamides is 1. The molecule has 0 saturated carbocycles. The predicted molar refractivity (Wildman–Crippen MR) is 71.7 cm³/mol. The number of nitrogens with one attached hydrogen (secondary N) is 2. The first kappa shape index (κ1) is 15.4. The molecule has 106 valence electrons. The zero-order valence-electron chi connectivity index (χ0n) is 11.0. The van der Waals surface area contributed by atoms with Gasteiger partial charge in [0, 0.05) is 12.2 Å². The fourth-order valence-electron chi connectivity index (χ4n) is 1.38. The molecule has 1 aromatic heterocycles. The van der Waals surface area contributed by atoms with Crippen LogP contribution in [-0.2, 0) is 14.8 Å². The maximum atomic E-state index is 12.0. The molecule has 1 amide bonds. The normalized spacial score (nSPS) is 13.3. The number of carbonyl (C=O) groups is 1. The summed E-state index contributed by atoms with van der Waals surface area (Å²) in [5.41, 5.74) is 5.59. The summed E-state index contributed by atoms with van der Waals surface area (Å²) in [6.45, 7) is 5.03. The molecule has 0 aromatic carbocycles. The number of anilines is 1. The van der Waals surface area contributed by atoms with Crippen LogP contribution in [0.2, 0.25) is 0 Å². The third-order valence-corrected chi connectivity index (χ3v) is 3.73. The van der Waals surface area contributed by atoms with Gasteiger partial charge in [-0.2, -0.15) is 4.72 Å². The second-order valence-electron chi connectivity index (χ2n) is 4.40. The molecular formula is C11H18N4O3S. The molecular weight excluding hydrogens is 268 g/mol. The number of nitrogens with zero attached hydrogens (tertiary/aromatic N) is 1. The number of rotatable bonds is 5. The van der Waals surface area contributed by atoms with Gasteiger partial charge in [-0.3, -0.25) is 4.79 Å². The van der Waals surface area contributed by atoms with Crippen LogP contribution in [0, 0.1) is 0 Å². The highest BCUT2D eigenvalue weighted by Gasteiger charge is 2.24. The summed E-state index contributed by atoms with van der Waals surface area (Å²) in [6.07, 6.45) is 1.32. The first-order valence-electron chi connectivity index (χ1n) is 5.77. The number of nitrogens with two attached hydrogens (primary N) is 1. The smallest absolute Gasteiger partial charge is 0.260 e. The Kier molecular flexibility index (Phi) is 4.84. The molecule has 1 unspecified atom stereocenters. The van der Waals surface area contributed by atoms with Crippen LogP contribution in [0.5, 0.6) is 0 Å². The molecule has 1 rings (SSSR count). The fraction of sp³-hybridized carbons (Fsp3) is 0.455. The van der Waals surface area contributed by atoms with Crippen molar-refractivity contribution in [3.63, 3.8) is 0 Å². The number of aromatic nitrogens is 1. The molecule has 0 radical (unpaired) electrons. The lowest BCUT2D eigenvalue weighted by Crippen LogP contribution is -2.46. The molecule has 7 nitrogen and oxygen atoms in total. The Labute approximate surface area is 112 Å². The van der Waals surface area contributed by atoms with Gasteiger partial charge in [0.05, 0.1) is 11.7 Å². The topological polar surface area (TPSA) is 114 Å². The van der Waals surface area contributed by atoms with E-state index < -0.39 is 22.0 Å². The van der Waals surface area contributed by atoms with Crippen molar-refractivity contribution >= 4 is 21.6 Å². The van der Waals surface area contributed by atoms with Gasteiger partial charge in [0.1, 0.15) is 0 Å². The highest BCUT2D eigenvalue weighted by Crippen LogP contribution is 2.13. The Morgan fingerprint density at radius 3 is 2.53 bits per heavy atom. The van der Waals surface area contributed by atoms with E-state index in [4.69, 9.17) is 5.73 Å². The molecule has 1 aromatic rings. The number of hydrogen-bond acceptors (Lipinski definition) is 5. The molecule has 1 atom stereocenters. The first-order valence-corrected chi connectivity index (χ1v) is 7.25. The van der Waals surface area contributed by atoms with Crippen LogP contribution in [-0.4, -0.2) is 31.4 Å². The van der Waals surface area contributed by atoms with Crippen LogP contribution < -0.4 is 15.8 Å². The molecule has 0 aliphatic carbocycles. The van der Waals surface area contributed by atoms with E-state index in [0.717, 1.165) is 0 Å². The Balaban J connectivity index is 2.87. The van der Waals surface area contributed by atoms with E-state index in [1.165, 1.54) is 25.3 Å². The summed E-state index contributed by atoms with van der Waals surface area (Å²) in [4.78, 5) is 15.4. The van der Waals surface area contributed by atoms with Gasteiger partial charge >= 0.3 is 0 Å². The lowest BCUT2D eigenvalue weighted by Gasteiger charge is -2.16. The van der Waals surface area contributed by atoms with E-state index in [1.807, 2.05) is 0 Å². The SMILES string of the molecule is CC(C)NC(=O)C(C)NS(=O)(=O)c1ncccc1N. The largest absolute Gasteiger partial charge is 0.396 e. The van der Waals surface area contributed by atoms with Crippen molar-refractivity contribution in [3.8, 4) is 0 Å². The monoisotopic (exact) mass is 286 g/mol. The van der Waals surface area contributed by atoms with Crippen LogP contribution in [0.15, 0.2) is 23.4 Å². The molecule has 0 aliphatic heterocycles. The Hall–Kier alpha value is -1.67. The summed E-state index contributed by atoms with van der Waals surface area (Å²) in [6, 6.07) is 1.98. The van der Waals surface area contributed by atoms with Crippen molar-refractivity contribution in [1.82, 2.24) is 15.0 Å². The Bertz CT molecular complexity index is 557. The second-order valence-corrected chi connectivity index (χ2v) is 6.03. The summed E-state index contributed by atoms with van der Waals surface area (Å²) >= 11 is 0. The van der Waals surface area contributed by atoms with Crippen LogP contribution in [0.25, 0.3) is 0 Å². The predicted octanol–water partition coefficient (Wildman–Crippen LogP) is -0.145. The van der Waals surface area contributed by atoms with Gasteiger partial charge in [-0.25, -0.2) is 13.4 Å². The quantitative estimate of drug-likeness (QED) is 0.696. The number of amides is 1. The van der Waals surface area contributed by atoms with Crippen molar-refractivity contribution in [3.05, 3.63) is 18.3 Å². The molecule has 8 heteroatoms. The van der Waals surface area contributed by atoms with Crippen LogP contribution in [0.4, 0.5) is 5.69 Å².